The second-order valence-electron chi connectivity index (χ2n) is 4.74. The Morgan fingerprint density at radius 1 is 1.29 bits per heavy atom. The average Bonchev–Trinajstić information content (AvgIpc) is 3.15. The third-order valence-electron chi connectivity index (χ3n) is 3.28. The Kier molecular flexibility index (Phi) is 4.53. The van der Waals surface area contributed by atoms with Gasteiger partial charge in [0.2, 0.25) is 0 Å². The summed E-state index contributed by atoms with van der Waals surface area (Å²) in [6, 6.07) is 13.8. The fraction of sp³-hybridized carbons (Fsp3) is 0.250. The van der Waals surface area contributed by atoms with Crippen LogP contribution in [0.2, 0.25) is 0 Å². The van der Waals surface area contributed by atoms with Gasteiger partial charge in [0.05, 0.1) is 26.8 Å². The van der Waals surface area contributed by atoms with Crippen molar-refractivity contribution in [3.63, 3.8) is 0 Å². The van der Waals surface area contributed by atoms with Crippen molar-refractivity contribution in [1.29, 1.82) is 0 Å². The monoisotopic (exact) mass is 319 g/mol. The summed E-state index contributed by atoms with van der Waals surface area (Å²) in [5.41, 5.74) is 0.873. The van der Waals surface area contributed by atoms with Gasteiger partial charge in [-0.3, -0.25) is 4.21 Å². The van der Waals surface area contributed by atoms with Crippen molar-refractivity contribution >= 4 is 33.1 Å². The van der Waals surface area contributed by atoms with Gasteiger partial charge in [0.15, 0.2) is 0 Å². The van der Waals surface area contributed by atoms with Crippen LogP contribution in [0.5, 0.6) is 0 Å². The highest BCUT2D eigenvalue weighted by Crippen LogP contribution is 2.26. The summed E-state index contributed by atoms with van der Waals surface area (Å²) in [7, 11) is -1.01. The van der Waals surface area contributed by atoms with Crippen LogP contribution < -0.4 is 5.32 Å². The summed E-state index contributed by atoms with van der Waals surface area (Å²) in [4.78, 5) is 0. The van der Waals surface area contributed by atoms with E-state index in [1.165, 1.54) is 11.3 Å². The fourth-order valence-corrected chi connectivity index (χ4v) is 4.52. The molecule has 2 aromatic heterocycles. The van der Waals surface area contributed by atoms with Gasteiger partial charge in [-0.2, -0.15) is 0 Å². The van der Waals surface area contributed by atoms with Gasteiger partial charge in [0.25, 0.3) is 0 Å². The molecule has 0 spiro atoms. The molecule has 0 amide bonds. The summed E-state index contributed by atoms with van der Waals surface area (Å²) in [5, 5.41) is 6.41. The van der Waals surface area contributed by atoms with E-state index in [9.17, 15) is 4.21 Å². The third-order valence-corrected chi connectivity index (χ3v) is 6.00. The molecule has 0 saturated carbocycles. The lowest BCUT2D eigenvalue weighted by atomic mass is 10.2. The van der Waals surface area contributed by atoms with Crippen molar-refractivity contribution in [2.24, 2.45) is 0 Å². The molecule has 0 aliphatic carbocycles. The number of benzene rings is 1. The average molecular weight is 319 g/mol. The van der Waals surface area contributed by atoms with Gasteiger partial charge in [-0.05, 0) is 30.1 Å². The number of thiophene rings is 1. The van der Waals surface area contributed by atoms with Crippen molar-refractivity contribution in [3.8, 4) is 0 Å². The van der Waals surface area contributed by atoms with Crippen LogP contribution in [0, 0.1) is 0 Å². The summed E-state index contributed by atoms with van der Waals surface area (Å²) in [5.74, 6) is 1.37. The van der Waals surface area contributed by atoms with Crippen LogP contribution >= 0.6 is 11.3 Å². The fourth-order valence-electron chi connectivity index (χ4n) is 2.29. The Hall–Kier alpha value is -1.43. The molecule has 3 nitrogen and oxygen atoms in total. The van der Waals surface area contributed by atoms with Crippen LogP contribution in [-0.4, -0.2) is 16.5 Å². The van der Waals surface area contributed by atoms with Gasteiger partial charge < -0.3 is 9.73 Å². The zero-order valence-electron chi connectivity index (χ0n) is 11.7. The molecule has 2 heterocycles. The maximum Gasteiger partial charge on any atom is 0.134 e. The molecular formula is C16H17NO2S2. The maximum atomic E-state index is 12.4. The maximum absolute atomic E-state index is 12.4. The van der Waals surface area contributed by atoms with Crippen molar-refractivity contribution in [3.05, 3.63) is 53.6 Å². The minimum atomic E-state index is -1.01. The first-order valence-corrected chi connectivity index (χ1v) is 9.11. The molecule has 5 heteroatoms. The molecule has 1 aromatic carbocycles. The zero-order chi connectivity index (χ0) is 14.7. The zero-order valence-corrected chi connectivity index (χ0v) is 13.4. The lowest BCUT2D eigenvalue weighted by molar-refractivity contribution is 0.461. The van der Waals surface area contributed by atoms with Crippen LogP contribution in [-0.2, 0) is 10.8 Å². The van der Waals surface area contributed by atoms with Gasteiger partial charge in [0, 0.05) is 5.39 Å². The van der Waals surface area contributed by atoms with E-state index in [4.69, 9.17) is 4.42 Å². The summed E-state index contributed by atoms with van der Waals surface area (Å²) in [6.45, 7) is 2.85. The van der Waals surface area contributed by atoms with E-state index in [0.717, 1.165) is 27.5 Å². The molecule has 21 heavy (non-hydrogen) atoms. The first kappa shape index (κ1) is 14.5. The first-order chi connectivity index (χ1) is 10.3. The highest BCUT2D eigenvalue weighted by molar-refractivity contribution is 7.87. The second kappa shape index (κ2) is 6.56. The van der Waals surface area contributed by atoms with Crippen LogP contribution in [0.3, 0.4) is 0 Å². The summed E-state index contributed by atoms with van der Waals surface area (Å²) >= 11 is 1.53. The number of rotatable bonds is 6. The molecule has 110 valence electrons. The minimum absolute atomic E-state index is 0.0367. The first-order valence-electron chi connectivity index (χ1n) is 6.91. The van der Waals surface area contributed by atoms with Crippen molar-refractivity contribution < 1.29 is 8.63 Å². The molecule has 0 radical (unpaired) electrons. The standard InChI is InChI=1S/C16H17NO2S2/c1-2-17-13(11-21(18)16-8-5-9-20-16)15-10-12-6-3-4-7-14(12)19-15/h3-10,13,17H,2,11H2,1H3. The minimum Gasteiger partial charge on any atom is -0.459 e. The van der Waals surface area contributed by atoms with Crippen LogP contribution in [0.1, 0.15) is 18.7 Å². The Labute approximate surface area is 130 Å². The number of nitrogens with one attached hydrogen (secondary N) is 1. The highest BCUT2D eigenvalue weighted by Gasteiger charge is 2.19. The largest absolute Gasteiger partial charge is 0.459 e. The van der Waals surface area contributed by atoms with E-state index in [1.807, 2.05) is 54.8 Å². The Morgan fingerprint density at radius 3 is 2.86 bits per heavy atom. The van der Waals surface area contributed by atoms with Crippen molar-refractivity contribution in [1.82, 2.24) is 5.32 Å². The number of hydrogen-bond donors (Lipinski definition) is 1. The molecule has 3 aromatic rings. The smallest absolute Gasteiger partial charge is 0.134 e. The van der Waals surface area contributed by atoms with Gasteiger partial charge in [-0.15, -0.1) is 11.3 Å². The molecule has 1 N–H and O–H groups in total. The van der Waals surface area contributed by atoms with E-state index >= 15 is 0 Å². The molecule has 0 bridgehead atoms. The topological polar surface area (TPSA) is 42.2 Å². The Bertz CT molecular complexity index is 701. The van der Waals surface area contributed by atoms with E-state index < -0.39 is 10.8 Å². The Balaban J connectivity index is 1.85. The van der Waals surface area contributed by atoms with E-state index in [1.54, 1.807) is 0 Å². The Morgan fingerprint density at radius 2 is 2.14 bits per heavy atom. The molecule has 2 atom stereocenters. The molecule has 2 unspecified atom stereocenters. The lowest BCUT2D eigenvalue weighted by Crippen LogP contribution is -2.25. The number of hydrogen-bond acceptors (Lipinski definition) is 4. The highest BCUT2D eigenvalue weighted by atomic mass is 32.2. The summed E-state index contributed by atoms with van der Waals surface area (Å²) < 4.78 is 19.2. The molecule has 3 rings (SSSR count). The van der Waals surface area contributed by atoms with Crippen molar-refractivity contribution in [2.45, 2.75) is 17.2 Å². The van der Waals surface area contributed by atoms with Crippen LogP contribution in [0.15, 0.2) is 56.5 Å². The molecule has 0 aliphatic rings. The second-order valence-corrected chi connectivity index (χ2v) is 7.41. The van der Waals surface area contributed by atoms with Gasteiger partial charge in [-0.25, -0.2) is 0 Å². The van der Waals surface area contributed by atoms with Crippen LogP contribution in [0.25, 0.3) is 11.0 Å². The summed E-state index contributed by atoms with van der Waals surface area (Å²) in [6.07, 6.45) is 0. The molecule has 0 aliphatic heterocycles. The van der Waals surface area contributed by atoms with E-state index in [0.29, 0.717) is 5.75 Å². The normalized spacial score (nSPS) is 14.3. The predicted octanol–water partition coefficient (Wildman–Crippen LogP) is 3.95. The molecular weight excluding hydrogens is 302 g/mol. The van der Waals surface area contributed by atoms with Gasteiger partial charge in [0.1, 0.15) is 11.3 Å². The van der Waals surface area contributed by atoms with Gasteiger partial charge >= 0.3 is 0 Å². The molecule has 0 saturated heterocycles. The quantitative estimate of drug-likeness (QED) is 0.748. The van der Waals surface area contributed by atoms with E-state index in [2.05, 4.69) is 5.32 Å². The number of furan rings is 1. The number of para-hydroxylation sites is 1. The predicted molar refractivity (Wildman–Crippen MR) is 88.2 cm³/mol. The third kappa shape index (κ3) is 3.26. The SMILES string of the molecule is CCNC(CS(=O)c1cccs1)c1cc2ccccc2o1. The van der Waals surface area contributed by atoms with E-state index in [-0.39, 0.29) is 6.04 Å². The van der Waals surface area contributed by atoms with Crippen LogP contribution in [0.4, 0.5) is 0 Å². The molecule has 0 fully saturated rings. The van der Waals surface area contributed by atoms with Crippen molar-refractivity contribution in [2.75, 3.05) is 12.3 Å². The lowest BCUT2D eigenvalue weighted by Gasteiger charge is -2.14. The van der Waals surface area contributed by atoms with Gasteiger partial charge in [-0.1, -0.05) is 31.2 Å². The number of fused-ring (bicyclic) bond motifs is 1.